The first kappa shape index (κ1) is 25.6. The summed E-state index contributed by atoms with van der Waals surface area (Å²) in [6.45, 7) is 7.50. The second-order valence-corrected chi connectivity index (χ2v) is 8.91. The maximum Gasteiger partial charge on any atom is 0.252 e. The Hall–Kier alpha value is -3.03. The number of aliphatic hydroxyl groups excluding tert-OH is 1. The number of hydrogen-bond donors (Lipinski definition) is 4. The minimum Gasteiger partial charge on any atom is -0.387 e. The van der Waals surface area contributed by atoms with Crippen LogP contribution in [0.5, 0.6) is 0 Å². The zero-order chi connectivity index (χ0) is 24.7. The highest BCUT2D eigenvalue weighted by molar-refractivity contribution is 6.09. The summed E-state index contributed by atoms with van der Waals surface area (Å²) >= 11 is 0. The molecule has 0 spiro atoms. The molecule has 0 radical (unpaired) electrons. The van der Waals surface area contributed by atoms with E-state index >= 15 is 0 Å². The van der Waals surface area contributed by atoms with E-state index < -0.39 is 18.1 Å². The summed E-state index contributed by atoms with van der Waals surface area (Å²) in [6, 6.07) is 7.36. The zero-order valence-electron chi connectivity index (χ0n) is 20.1. The quantitative estimate of drug-likeness (QED) is 0.330. The highest BCUT2D eigenvalue weighted by Gasteiger charge is 2.37. The summed E-state index contributed by atoms with van der Waals surface area (Å²) in [5.74, 6) is -0.569. The molecule has 7 nitrogen and oxygen atoms in total. The van der Waals surface area contributed by atoms with Crippen LogP contribution < -0.4 is 10.6 Å². The summed E-state index contributed by atoms with van der Waals surface area (Å²) in [5, 5.41) is 25.2. The van der Waals surface area contributed by atoms with E-state index in [1.807, 2.05) is 43.3 Å². The highest BCUT2D eigenvalue weighted by Crippen LogP contribution is 2.24. The maximum atomic E-state index is 12.7. The molecular weight excluding hydrogens is 428 g/mol. The van der Waals surface area contributed by atoms with Gasteiger partial charge in [-0.3, -0.25) is 19.9 Å². The number of amides is 2. The number of nitrogens with zero attached hydrogens (tertiary/aromatic N) is 1. The molecule has 2 aliphatic rings. The zero-order valence-corrected chi connectivity index (χ0v) is 20.1. The minimum absolute atomic E-state index is 0.0453. The fourth-order valence-electron chi connectivity index (χ4n) is 4.79. The molecule has 7 heteroatoms. The molecule has 2 aliphatic heterocycles. The van der Waals surface area contributed by atoms with Crippen molar-refractivity contribution in [2.24, 2.45) is 0 Å². The topological polar surface area (TPSA) is 106 Å². The van der Waals surface area contributed by atoms with Crippen LogP contribution in [0.4, 0.5) is 5.69 Å². The molecule has 2 heterocycles. The normalized spacial score (nSPS) is 24.0. The van der Waals surface area contributed by atoms with Crippen molar-refractivity contribution in [2.45, 2.75) is 76.6 Å². The van der Waals surface area contributed by atoms with E-state index in [2.05, 4.69) is 30.2 Å². The van der Waals surface area contributed by atoms with Gasteiger partial charge in [0.25, 0.3) is 5.91 Å². The number of allylic oxidation sites excluding steroid dienone is 2. The van der Waals surface area contributed by atoms with Gasteiger partial charge in [0.15, 0.2) is 0 Å². The highest BCUT2D eigenvalue weighted by atomic mass is 16.3. The van der Waals surface area contributed by atoms with Gasteiger partial charge in [0.05, 0.1) is 6.10 Å². The molecule has 34 heavy (non-hydrogen) atoms. The van der Waals surface area contributed by atoms with E-state index in [0.717, 1.165) is 42.9 Å². The van der Waals surface area contributed by atoms with Crippen LogP contribution in [0.25, 0.3) is 0 Å². The average Bonchev–Trinajstić information content (AvgIpc) is 3.46. The Labute approximate surface area is 202 Å². The van der Waals surface area contributed by atoms with Crippen molar-refractivity contribution in [1.29, 1.82) is 5.41 Å². The SMILES string of the molecule is C=CC(=O)N1C(=N)CC[C@H]1C(=O)Nc1ccc(C[C@@H]2CC[C@H](C(O)C(/C=C\C)=C/CC)N2)cc1. The molecule has 0 aromatic heterocycles. The summed E-state index contributed by atoms with van der Waals surface area (Å²) in [4.78, 5) is 26.0. The number of anilines is 1. The van der Waals surface area contributed by atoms with Gasteiger partial charge >= 0.3 is 0 Å². The molecule has 0 saturated carbocycles. The largest absolute Gasteiger partial charge is 0.387 e. The number of carbonyl (C=O) groups excluding carboxylic acids is 2. The van der Waals surface area contributed by atoms with Crippen LogP contribution in [0.2, 0.25) is 0 Å². The Bertz CT molecular complexity index is 967. The number of likely N-dealkylation sites (tertiary alicyclic amines) is 1. The van der Waals surface area contributed by atoms with Crippen LogP contribution in [0.3, 0.4) is 0 Å². The summed E-state index contributed by atoms with van der Waals surface area (Å²) in [7, 11) is 0. The van der Waals surface area contributed by atoms with Gasteiger partial charge in [-0.05, 0) is 68.4 Å². The Morgan fingerprint density at radius 3 is 2.68 bits per heavy atom. The lowest BCUT2D eigenvalue weighted by Gasteiger charge is -2.22. The number of carbonyl (C=O) groups is 2. The fraction of sp³-hybridized carbons (Fsp3) is 0.444. The van der Waals surface area contributed by atoms with Crippen molar-refractivity contribution in [3.63, 3.8) is 0 Å². The van der Waals surface area contributed by atoms with Gasteiger partial charge in [-0.15, -0.1) is 0 Å². The lowest BCUT2D eigenvalue weighted by molar-refractivity contribution is -0.129. The number of aliphatic hydroxyl groups is 1. The van der Waals surface area contributed by atoms with Gasteiger partial charge in [-0.2, -0.15) is 0 Å². The molecular formula is C27H36N4O3. The first-order chi connectivity index (χ1) is 16.4. The first-order valence-electron chi connectivity index (χ1n) is 12.1. The van der Waals surface area contributed by atoms with Crippen molar-refractivity contribution in [1.82, 2.24) is 10.2 Å². The van der Waals surface area contributed by atoms with E-state index in [0.29, 0.717) is 18.5 Å². The Morgan fingerprint density at radius 1 is 1.29 bits per heavy atom. The Kier molecular flexibility index (Phi) is 8.96. The Morgan fingerprint density at radius 2 is 2.03 bits per heavy atom. The maximum absolute atomic E-state index is 12.7. The molecule has 2 fully saturated rings. The van der Waals surface area contributed by atoms with Gasteiger partial charge in [0, 0.05) is 24.2 Å². The minimum atomic E-state index is -0.682. The van der Waals surface area contributed by atoms with Crippen LogP contribution in [0.1, 0.15) is 51.5 Å². The molecule has 182 valence electrons. The number of benzene rings is 1. The first-order valence-corrected chi connectivity index (χ1v) is 12.1. The van der Waals surface area contributed by atoms with Crippen LogP contribution in [-0.4, -0.2) is 51.9 Å². The van der Waals surface area contributed by atoms with Crippen LogP contribution in [0, 0.1) is 5.41 Å². The summed E-state index contributed by atoms with van der Waals surface area (Å²) < 4.78 is 0. The molecule has 2 saturated heterocycles. The van der Waals surface area contributed by atoms with Crippen molar-refractivity contribution >= 4 is 23.3 Å². The number of amidine groups is 1. The van der Waals surface area contributed by atoms with Crippen LogP contribution in [0.15, 0.2) is 60.7 Å². The smallest absolute Gasteiger partial charge is 0.252 e. The molecule has 4 atom stereocenters. The molecule has 0 bridgehead atoms. The fourth-order valence-corrected chi connectivity index (χ4v) is 4.79. The third-order valence-corrected chi connectivity index (χ3v) is 6.47. The van der Waals surface area contributed by atoms with Gasteiger partial charge in [-0.25, -0.2) is 0 Å². The van der Waals surface area contributed by atoms with Crippen molar-refractivity contribution < 1.29 is 14.7 Å². The van der Waals surface area contributed by atoms with Crippen LogP contribution >= 0.6 is 0 Å². The predicted octanol–water partition coefficient (Wildman–Crippen LogP) is 3.72. The van der Waals surface area contributed by atoms with E-state index in [9.17, 15) is 14.7 Å². The van der Waals surface area contributed by atoms with Crippen LogP contribution in [-0.2, 0) is 16.0 Å². The summed E-state index contributed by atoms with van der Waals surface area (Å²) in [5.41, 5.74) is 2.77. The van der Waals surface area contributed by atoms with Crippen molar-refractivity contribution in [2.75, 3.05) is 5.32 Å². The van der Waals surface area contributed by atoms with Crippen molar-refractivity contribution in [3.05, 3.63) is 66.3 Å². The monoisotopic (exact) mass is 464 g/mol. The van der Waals surface area contributed by atoms with E-state index in [1.165, 1.54) is 4.90 Å². The lowest BCUT2D eigenvalue weighted by atomic mass is 9.99. The lowest BCUT2D eigenvalue weighted by Crippen LogP contribution is -2.44. The van der Waals surface area contributed by atoms with E-state index in [4.69, 9.17) is 5.41 Å². The van der Waals surface area contributed by atoms with Gasteiger partial charge in [-0.1, -0.05) is 43.9 Å². The summed E-state index contributed by atoms with van der Waals surface area (Å²) in [6.07, 6.45) is 11.1. The molecule has 2 amide bonds. The molecule has 1 aromatic rings. The average molecular weight is 465 g/mol. The predicted molar refractivity (Wildman–Crippen MR) is 136 cm³/mol. The molecule has 3 rings (SSSR count). The molecule has 0 aliphatic carbocycles. The van der Waals surface area contributed by atoms with E-state index in [-0.39, 0.29) is 23.8 Å². The Balaban J connectivity index is 1.55. The third kappa shape index (κ3) is 6.10. The van der Waals surface area contributed by atoms with Gasteiger partial charge < -0.3 is 15.7 Å². The van der Waals surface area contributed by atoms with Gasteiger partial charge in [0.2, 0.25) is 5.91 Å². The van der Waals surface area contributed by atoms with E-state index in [1.54, 1.807) is 0 Å². The number of nitrogens with one attached hydrogen (secondary N) is 3. The number of hydrogen-bond acceptors (Lipinski definition) is 5. The van der Waals surface area contributed by atoms with Crippen molar-refractivity contribution in [3.8, 4) is 0 Å². The second-order valence-electron chi connectivity index (χ2n) is 8.91. The molecule has 1 aromatic carbocycles. The molecule has 4 N–H and O–H groups in total. The second kappa shape index (κ2) is 11.9. The number of rotatable bonds is 9. The third-order valence-electron chi connectivity index (χ3n) is 6.47. The molecule has 1 unspecified atom stereocenters. The standard InChI is InChI=1S/C27H36N4O3/c1-4-7-19(8-5-2)26(33)22-14-13-21(29-22)17-18-9-11-20(12-10-18)30-27(34)23-15-16-24(28)31(23)25(32)6-3/h4,6-12,21-23,26,28-29,33H,3,5,13-17H2,1-2H3,(H,30,34)/b7-4-,19-8+,28-24?/t21-,22+,23-,26?/m0/s1. The van der Waals surface area contributed by atoms with Gasteiger partial charge in [0.1, 0.15) is 11.9 Å².